The number of carbonyl (C=O) groups is 1. The second-order valence-electron chi connectivity index (χ2n) is 3.68. The molecular formula is C13H11FO2. The summed E-state index contributed by atoms with van der Waals surface area (Å²) in [6, 6.07) is 8.75. The van der Waals surface area contributed by atoms with Crippen LogP contribution in [0.4, 0.5) is 4.39 Å². The van der Waals surface area contributed by atoms with Gasteiger partial charge in [-0.15, -0.1) is 0 Å². The van der Waals surface area contributed by atoms with Gasteiger partial charge in [0.1, 0.15) is 0 Å². The third-order valence-corrected chi connectivity index (χ3v) is 2.65. The third kappa shape index (κ3) is 1.65. The van der Waals surface area contributed by atoms with Crippen LogP contribution < -0.4 is 0 Å². The van der Waals surface area contributed by atoms with Gasteiger partial charge in [0.2, 0.25) is 5.67 Å². The zero-order valence-corrected chi connectivity index (χ0v) is 8.56. The number of carboxylic acids is 1. The number of carboxylic acid groups (broad SMARTS) is 1. The number of alkyl halides is 1. The van der Waals surface area contributed by atoms with Crippen LogP contribution in [0.5, 0.6) is 0 Å². The molecule has 1 aromatic rings. The topological polar surface area (TPSA) is 37.3 Å². The van der Waals surface area contributed by atoms with Crippen molar-refractivity contribution in [2.75, 3.05) is 0 Å². The van der Waals surface area contributed by atoms with E-state index in [2.05, 4.69) is 0 Å². The Kier molecular flexibility index (Phi) is 2.60. The van der Waals surface area contributed by atoms with Gasteiger partial charge in [0.05, 0.1) is 0 Å². The average Bonchev–Trinajstić information content (AvgIpc) is 2.30. The number of benzene rings is 1. The lowest BCUT2D eigenvalue weighted by Gasteiger charge is -2.25. The van der Waals surface area contributed by atoms with E-state index in [4.69, 9.17) is 5.11 Å². The van der Waals surface area contributed by atoms with Crippen molar-refractivity contribution in [3.63, 3.8) is 0 Å². The Morgan fingerprint density at radius 2 is 2.00 bits per heavy atom. The highest BCUT2D eigenvalue weighted by Gasteiger charge is 2.43. The molecule has 0 saturated carbocycles. The zero-order chi connectivity index (χ0) is 11.6. The largest absolute Gasteiger partial charge is 0.479 e. The first kappa shape index (κ1) is 10.6. The Bertz CT molecular complexity index is 462. The van der Waals surface area contributed by atoms with Crippen LogP contribution in [0.15, 0.2) is 48.6 Å². The summed E-state index contributed by atoms with van der Waals surface area (Å²) < 4.78 is 14.3. The quantitative estimate of drug-likeness (QED) is 0.828. The predicted molar refractivity (Wildman–Crippen MR) is 59.7 cm³/mol. The summed E-state index contributed by atoms with van der Waals surface area (Å²) in [6.45, 7) is 0. The van der Waals surface area contributed by atoms with Gasteiger partial charge in [-0.25, -0.2) is 9.18 Å². The molecule has 0 amide bonds. The maximum absolute atomic E-state index is 14.3. The van der Waals surface area contributed by atoms with Crippen LogP contribution in [0.2, 0.25) is 0 Å². The minimum absolute atomic E-state index is 0.122. The van der Waals surface area contributed by atoms with Crippen molar-refractivity contribution in [2.45, 2.75) is 12.1 Å². The molecule has 2 nitrogen and oxygen atoms in total. The van der Waals surface area contributed by atoms with E-state index in [0.29, 0.717) is 5.56 Å². The van der Waals surface area contributed by atoms with Gasteiger partial charge >= 0.3 is 5.97 Å². The minimum Gasteiger partial charge on any atom is -0.479 e. The minimum atomic E-state index is -2.31. The Labute approximate surface area is 92.7 Å². The molecule has 1 aliphatic carbocycles. The lowest BCUT2D eigenvalue weighted by molar-refractivity contribution is -0.146. The molecule has 0 radical (unpaired) electrons. The molecule has 0 aliphatic heterocycles. The molecule has 0 bridgehead atoms. The molecule has 0 aromatic heterocycles. The van der Waals surface area contributed by atoms with Crippen molar-refractivity contribution in [2.24, 2.45) is 0 Å². The van der Waals surface area contributed by atoms with Gasteiger partial charge in [-0.1, -0.05) is 48.6 Å². The molecule has 1 aromatic carbocycles. The van der Waals surface area contributed by atoms with Crippen molar-refractivity contribution < 1.29 is 14.3 Å². The Morgan fingerprint density at radius 1 is 1.31 bits per heavy atom. The summed E-state index contributed by atoms with van der Waals surface area (Å²) in [5.41, 5.74) is -1.49. The summed E-state index contributed by atoms with van der Waals surface area (Å²) in [7, 11) is 0. The molecule has 0 saturated heterocycles. The van der Waals surface area contributed by atoms with Crippen LogP contribution >= 0.6 is 0 Å². The van der Waals surface area contributed by atoms with E-state index < -0.39 is 11.6 Å². The molecular weight excluding hydrogens is 207 g/mol. The van der Waals surface area contributed by atoms with Gasteiger partial charge in [-0.2, -0.15) is 0 Å². The summed E-state index contributed by atoms with van der Waals surface area (Å²) in [5.74, 6) is -1.44. The number of rotatable bonds is 2. The average molecular weight is 218 g/mol. The van der Waals surface area contributed by atoms with Crippen molar-refractivity contribution in [1.29, 1.82) is 0 Å². The molecule has 0 spiro atoms. The first-order chi connectivity index (χ1) is 7.64. The van der Waals surface area contributed by atoms with E-state index in [0.717, 1.165) is 0 Å². The van der Waals surface area contributed by atoms with E-state index in [9.17, 15) is 9.18 Å². The maximum Gasteiger partial charge on any atom is 0.346 e. The van der Waals surface area contributed by atoms with Crippen molar-refractivity contribution in [3.8, 4) is 0 Å². The molecule has 0 fully saturated rings. The lowest BCUT2D eigenvalue weighted by Crippen LogP contribution is -2.35. The summed E-state index contributed by atoms with van der Waals surface area (Å²) >= 11 is 0. The van der Waals surface area contributed by atoms with Crippen molar-refractivity contribution in [1.82, 2.24) is 0 Å². The van der Waals surface area contributed by atoms with Crippen molar-refractivity contribution in [3.05, 3.63) is 54.1 Å². The van der Waals surface area contributed by atoms with E-state index in [1.807, 2.05) is 6.07 Å². The summed E-state index contributed by atoms with van der Waals surface area (Å²) in [6.07, 6.45) is 4.61. The van der Waals surface area contributed by atoms with Crippen LogP contribution in [0, 0.1) is 0 Å². The monoisotopic (exact) mass is 218 g/mol. The number of halogens is 1. The van der Waals surface area contributed by atoms with Gasteiger partial charge in [0, 0.05) is 12.0 Å². The highest BCUT2D eigenvalue weighted by molar-refractivity contribution is 5.96. The molecule has 0 heterocycles. The van der Waals surface area contributed by atoms with Gasteiger partial charge in [0.15, 0.2) is 0 Å². The van der Waals surface area contributed by atoms with Crippen molar-refractivity contribution >= 4 is 11.5 Å². The second-order valence-corrected chi connectivity index (χ2v) is 3.68. The smallest absolute Gasteiger partial charge is 0.346 e. The molecule has 2 rings (SSSR count). The Balaban J connectivity index is 2.49. The van der Waals surface area contributed by atoms with Gasteiger partial charge in [-0.3, -0.25) is 0 Å². The Hall–Kier alpha value is -1.90. The van der Waals surface area contributed by atoms with Gasteiger partial charge in [0.25, 0.3) is 0 Å². The zero-order valence-electron chi connectivity index (χ0n) is 8.56. The molecule has 82 valence electrons. The van der Waals surface area contributed by atoms with Crippen LogP contribution in [-0.4, -0.2) is 16.7 Å². The molecule has 1 unspecified atom stereocenters. The fourth-order valence-corrected chi connectivity index (χ4v) is 1.78. The molecule has 3 heteroatoms. The fraction of sp³-hybridized carbons (Fsp3) is 0.154. The highest BCUT2D eigenvalue weighted by atomic mass is 19.1. The lowest BCUT2D eigenvalue weighted by atomic mass is 9.84. The molecule has 1 aliphatic rings. The SMILES string of the molecule is O=C(O)C1(F)CC=CC=C1c1ccccc1. The number of allylic oxidation sites excluding steroid dienone is 3. The number of aliphatic carboxylic acids is 1. The normalized spacial score (nSPS) is 23.9. The predicted octanol–water partition coefficient (Wildman–Crippen LogP) is 2.82. The highest BCUT2D eigenvalue weighted by Crippen LogP contribution is 2.37. The first-order valence-corrected chi connectivity index (χ1v) is 4.99. The number of hydrogen-bond donors (Lipinski definition) is 1. The Morgan fingerprint density at radius 3 is 2.62 bits per heavy atom. The van der Waals surface area contributed by atoms with E-state index in [-0.39, 0.29) is 12.0 Å². The van der Waals surface area contributed by atoms with E-state index in [1.165, 1.54) is 12.2 Å². The van der Waals surface area contributed by atoms with E-state index in [1.54, 1.807) is 30.3 Å². The van der Waals surface area contributed by atoms with Gasteiger partial charge in [-0.05, 0) is 5.56 Å². The molecule has 16 heavy (non-hydrogen) atoms. The second kappa shape index (κ2) is 3.93. The summed E-state index contributed by atoms with van der Waals surface area (Å²) in [4.78, 5) is 11.0. The first-order valence-electron chi connectivity index (χ1n) is 4.99. The fourth-order valence-electron chi connectivity index (χ4n) is 1.78. The number of hydrogen-bond acceptors (Lipinski definition) is 1. The van der Waals surface area contributed by atoms with Gasteiger partial charge < -0.3 is 5.11 Å². The van der Waals surface area contributed by atoms with Crippen LogP contribution in [0.25, 0.3) is 5.57 Å². The molecule has 1 atom stereocenters. The maximum atomic E-state index is 14.3. The van der Waals surface area contributed by atoms with Crippen LogP contribution in [0.1, 0.15) is 12.0 Å². The third-order valence-electron chi connectivity index (χ3n) is 2.65. The molecule has 1 N–H and O–H groups in total. The standard InChI is InChI=1S/C13H11FO2/c14-13(12(15)16)9-5-4-8-11(13)10-6-2-1-3-7-10/h1-8H,9H2,(H,15,16). The van der Waals surface area contributed by atoms with E-state index >= 15 is 0 Å². The van der Waals surface area contributed by atoms with Crippen LogP contribution in [-0.2, 0) is 4.79 Å². The summed E-state index contributed by atoms with van der Waals surface area (Å²) in [5, 5.41) is 8.98. The van der Waals surface area contributed by atoms with Crippen LogP contribution in [0.3, 0.4) is 0 Å².